The summed E-state index contributed by atoms with van der Waals surface area (Å²) in [6.45, 7) is 10.0. The van der Waals surface area contributed by atoms with Crippen molar-refractivity contribution in [1.82, 2.24) is 14.8 Å². The molecule has 31 heavy (non-hydrogen) atoms. The summed E-state index contributed by atoms with van der Waals surface area (Å²) >= 11 is 1.45. The topological polar surface area (TPSA) is 72.3 Å². The van der Waals surface area contributed by atoms with Crippen molar-refractivity contribution >= 4 is 29.3 Å². The molecule has 0 unspecified atom stereocenters. The van der Waals surface area contributed by atoms with Crippen LogP contribution >= 0.6 is 11.8 Å². The number of aryl methyl sites for hydroxylation is 2. The summed E-state index contributed by atoms with van der Waals surface area (Å²) in [5.74, 6) is 1.94. The number of hydrogen-bond acceptors (Lipinski definition) is 6. The monoisotopic (exact) mass is 443 g/mol. The minimum Gasteiger partial charge on any atom is -0.376 e. The van der Waals surface area contributed by atoms with Gasteiger partial charge in [-0.15, -0.1) is 10.2 Å². The van der Waals surface area contributed by atoms with Gasteiger partial charge in [0.25, 0.3) is 0 Å². The standard InChI is InChI=1S/C23H33N5O2S/c1-16-8-10-27(11-9-16)22-25-26-23(28(22)14-20-5-4-12-30-20)31-15-21(29)24-19-7-6-17(2)18(3)13-19/h6-7,13,16,20H,4-5,8-12,14-15H2,1-3H3,(H,24,29)/t20-/m0/s1. The van der Waals surface area contributed by atoms with Crippen LogP contribution in [0.3, 0.4) is 0 Å². The van der Waals surface area contributed by atoms with Crippen molar-refractivity contribution in [3.8, 4) is 0 Å². The van der Waals surface area contributed by atoms with E-state index in [1.807, 2.05) is 18.2 Å². The van der Waals surface area contributed by atoms with Crippen molar-refractivity contribution in [2.75, 3.05) is 35.7 Å². The minimum atomic E-state index is -0.0340. The molecule has 0 radical (unpaired) electrons. The number of carbonyl (C=O) groups excluding carboxylic acids is 1. The Morgan fingerprint density at radius 2 is 2.00 bits per heavy atom. The molecule has 1 aromatic carbocycles. The van der Waals surface area contributed by atoms with Gasteiger partial charge >= 0.3 is 0 Å². The molecule has 0 saturated carbocycles. The van der Waals surface area contributed by atoms with E-state index in [0.717, 1.165) is 61.8 Å². The van der Waals surface area contributed by atoms with E-state index >= 15 is 0 Å². The number of carbonyl (C=O) groups is 1. The second-order valence-corrected chi connectivity index (χ2v) is 9.78. The molecule has 7 nitrogen and oxygen atoms in total. The smallest absolute Gasteiger partial charge is 0.234 e. The van der Waals surface area contributed by atoms with E-state index in [4.69, 9.17) is 4.74 Å². The van der Waals surface area contributed by atoms with Gasteiger partial charge in [0.05, 0.1) is 18.4 Å². The lowest BCUT2D eigenvalue weighted by Crippen LogP contribution is -2.35. The van der Waals surface area contributed by atoms with Gasteiger partial charge in [-0.2, -0.15) is 0 Å². The highest BCUT2D eigenvalue weighted by Crippen LogP contribution is 2.28. The molecule has 0 bridgehead atoms. The normalized spacial score (nSPS) is 19.7. The van der Waals surface area contributed by atoms with Gasteiger partial charge in [0.15, 0.2) is 5.16 Å². The Balaban J connectivity index is 1.43. The molecule has 2 aliphatic heterocycles. The van der Waals surface area contributed by atoms with Crippen LogP contribution in [0.15, 0.2) is 23.4 Å². The molecule has 4 rings (SSSR count). The first-order chi connectivity index (χ1) is 15.0. The Morgan fingerprint density at radius 3 is 2.71 bits per heavy atom. The van der Waals surface area contributed by atoms with Crippen LogP contribution in [-0.2, 0) is 16.1 Å². The van der Waals surface area contributed by atoms with E-state index in [1.165, 1.54) is 35.7 Å². The first kappa shape index (κ1) is 22.1. The molecule has 1 amide bonds. The van der Waals surface area contributed by atoms with Crippen LogP contribution in [0.4, 0.5) is 11.6 Å². The fourth-order valence-corrected chi connectivity index (χ4v) is 4.87. The predicted molar refractivity (Wildman–Crippen MR) is 125 cm³/mol. The SMILES string of the molecule is Cc1ccc(NC(=O)CSc2nnc(N3CCC(C)CC3)n2C[C@@H]2CCCO2)cc1C. The number of ether oxygens (including phenoxy) is 1. The van der Waals surface area contributed by atoms with Crippen LogP contribution in [0, 0.1) is 19.8 Å². The predicted octanol–water partition coefficient (Wildman–Crippen LogP) is 4.04. The van der Waals surface area contributed by atoms with Gasteiger partial charge < -0.3 is 15.0 Å². The van der Waals surface area contributed by atoms with Gasteiger partial charge in [-0.05, 0) is 68.7 Å². The summed E-state index contributed by atoms with van der Waals surface area (Å²) in [6.07, 6.45) is 4.71. The molecule has 168 valence electrons. The molecule has 0 aliphatic carbocycles. The average Bonchev–Trinajstić information content (AvgIpc) is 3.40. The summed E-state index contributed by atoms with van der Waals surface area (Å²) in [4.78, 5) is 14.9. The molecule has 1 atom stereocenters. The Bertz CT molecular complexity index is 901. The van der Waals surface area contributed by atoms with Crippen molar-refractivity contribution in [3.05, 3.63) is 29.3 Å². The lowest BCUT2D eigenvalue weighted by molar-refractivity contribution is -0.113. The highest BCUT2D eigenvalue weighted by molar-refractivity contribution is 7.99. The molecule has 2 fully saturated rings. The molecule has 2 saturated heterocycles. The number of rotatable bonds is 7. The largest absolute Gasteiger partial charge is 0.376 e. The van der Waals surface area contributed by atoms with Crippen molar-refractivity contribution in [2.24, 2.45) is 5.92 Å². The number of thioether (sulfide) groups is 1. The zero-order valence-corrected chi connectivity index (χ0v) is 19.6. The third-order valence-electron chi connectivity index (χ3n) is 6.30. The maximum Gasteiger partial charge on any atom is 0.234 e. The molecular formula is C23H33N5O2S. The van der Waals surface area contributed by atoms with Crippen LogP contribution in [0.1, 0.15) is 43.7 Å². The summed E-state index contributed by atoms with van der Waals surface area (Å²) in [5.41, 5.74) is 3.22. The lowest BCUT2D eigenvalue weighted by Gasteiger charge is -2.31. The van der Waals surface area contributed by atoms with Crippen molar-refractivity contribution in [2.45, 2.75) is 64.3 Å². The van der Waals surface area contributed by atoms with E-state index in [0.29, 0.717) is 5.75 Å². The maximum atomic E-state index is 12.6. The van der Waals surface area contributed by atoms with Crippen LogP contribution in [0.25, 0.3) is 0 Å². The van der Waals surface area contributed by atoms with Crippen molar-refractivity contribution in [1.29, 1.82) is 0 Å². The van der Waals surface area contributed by atoms with E-state index in [-0.39, 0.29) is 12.0 Å². The van der Waals surface area contributed by atoms with Gasteiger partial charge in [-0.3, -0.25) is 9.36 Å². The van der Waals surface area contributed by atoms with Gasteiger partial charge in [0.2, 0.25) is 11.9 Å². The van der Waals surface area contributed by atoms with E-state index in [1.54, 1.807) is 0 Å². The molecule has 8 heteroatoms. The van der Waals surface area contributed by atoms with Crippen LogP contribution in [0.2, 0.25) is 0 Å². The summed E-state index contributed by atoms with van der Waals surface area (Å²) in [7, 11) is 0. The van der Waals surface area contributed by atoms with Gasteiger partial charge in [0, 0.05) is 25.4 Å². The number of anilines is 2. The van der Waals surface area contributed by atoms with Gasteiger partial charge in [0.1, 0.15) is 0 Å². The number of amides is 1. The molecule has 0 spiro atoms. The number of hydrogen-bond donors (Lipinski definition) is 1. The quantitative estimate of drug-likeness (QED) is 0.651. The van der Waals surface area contributed by atoms with Crippen LogP contribution in [-0.4, -0.2) is 52.2 Å². The average molecular weight is 444 g/mol. The zero-order chi connectivity index (χ0) is 21.8. The molecule has 1 N–H and O–H groups in total. The highest BCUT2D eigenvalue weighted by Gasteiger charge is 2.26. The number of nitrogens with one attached hydrogen (secondary N) is 1. The van der Waals surface area contributed by atoms with Gasteiger partial charge in [-0.25, -0.2) is 0 Å². The Labute approximate surface area is 188 Å². The fraction of sp³-hybridized carbons (Fsp3) is 0.609. The van der Waals surface area contributed by atoms with Gasteiger partial charge in [-0.1, -0.05) is 24.8 Å². The lowest BCUT2D eigenvalue weighted by atomic mass is 10.00. The molecule has 1 aromatic heterocycles. The Kier molecular flexibility index (Phi) is 7.17. The number of nitrogens with zero attached hydrogens (tertiary/aromatic N) is 4. The first-order valence-electron chi connectivity index (χ1n) is 11.3. The van der Waals surface area contributed by atoms with Crippen molar-refractivity contribution in [3.63, 3.8) is 0 Å². The molecule has 2 aromatic rings. The van der Waals surface area contributed by atoms with Crippen LogP contribution < -0.4 is 10.2 Å². The zero-order valence-electron chi connectivity index (χ0n) is 18.8. The fourth-order valence-electron chi connectivity index (χ4n) is 4.13. The number of benzene rings is 1. The summed E-state index contributed by atoms with van der Waals surface area (Å²) in [6, 6.07) is 5.98. The number of piperidine rings is 1. The number of aromatic nitrogens is 3. The second kappa shape index (κ2) is 10.0. The minimum absolute atomic E-state index is 0.0340. The maximum absolute atomic E-state index is 12.6. The van der Waals surface area contributed by atoms with Crippen molar-refractivity contribution < 1.29 is 9.53 Å². The summed E-state index contributed by atoms with van der Waals surface area (Å²) < 4.78 is 8.05. The third kappa shape index (κ3) is 5.60. The Morgan fingerprint density at radius 1 is 1.19 bits per heavy atom. The highest BCUT2D eigenvalue weighted by atomic mass is 32.2. The Hall–Kier alpha value is -2.06. The summed E-state index contributed by atoms with van der Waals surface area (Å²) in [5, 5.41) is 12.8. The molecular weight excluding hydrogens is 410 g/mol. The van der Waals surface area contributed by atoms with E-state index in [2.05, 4.69) is 45.8 Å². The van der Waals surface area contributed by atoms with E-state index < -0.39 is 0 Å². The molecule has 3 heterocycles. The first-order valence-corrected chi connectivity index (χ1v) is 12.3. The molecule has 2 aliphatic rings. The van der Waals surface area contributed by atoms with Crippen LogP contribution in [0.5, 0.6) is 0 Å². The third-order valence-corrected chi connectivity index (χ3v) is 7.26. The second-order valence-electron chi connectivity index (χ2n) is 8.83. The van der Waals surface area contributed by atoms with E-state index in [9.17, 15) is 4.79 Å².